The maximum absolute atomic E-state index is 12.3. The van der Waals surface area contributed by atoms with E-state index in [4.69, 9.17) is 5.11 Å². The lowest BCUT2D eigenvalue weighted by Gasteiger charge is -2.22. The van der Waals surface area contributed by atoms with Gasteiger partial charge < -0.3 is 42.3 Å². The number of nitrogens with zero attached hydrogens (tertiary/aromatic N) is 1. The Morgan fingerprint density at radius 2 is 0.869 bits per heavy atom. The number of carboxylic acid groups (broad SMARTS) is 1. The predicted octanol–water partition coefficient (Wildman–Crippen LogP) is -0.203. The van der Waals surface area contributed by atoms with Crippen LogP contribution in [-0.2, 0) is 47.9 Å². The first-order chi connectivity index (χ1) is 29.3. The van der Waals surface area contributed by atoms with Gasteiger partial charge in [0.15, 0.2) is 0 Å². The van der Waals surface area contributed by atoms with Gasteiger partial charge >= 0.3 is 5.97 Å². The molecule has 0 heterocycles. The zero-order valence-corrected chi connectivity index (χ0v) is 36.9. The first-order valence-corrected chi connectivity index (χ1v) is 23.6. The van der Waals surface area contributed by atoms with Gasteiger partial charge in [-0.1, -0.05) is 0 Å². The minimum absolute atomic E-state index is 0.00440. The molecular formula is C40H66N8O11S2. The van der Waals surface area contributed by atoms with E-state index in [-0.39, 0.29) is 105 Å². The smallest absolute Gasteiger partial charge is 0.322 e. The largest absolute Gasteiger partial charge is 0.480 e. The van der Waals surface area contributed by atoms with Crippen molar-refractivity contribution in [1.29, 1.82) is 0 Å². The Morgan fingerprint density at radius 3 is 1.28 bits per heavy atom. The van der Waals surface area contributed by atoms with Crippen molar-refractivity contribution in [1.82, 2.24) is 42.1 Å². The second kappa shape index (κ2) is 32.5. The van der Waals surface area contributed by atoms with Crippen LogP contribution in [0.2, 0.25) is 0 Å². The van der Waals surface area contributed by atoms with Gasteiger partial charge in [-0.25, -0.2) is 0 Å². The molecule has 61 heavy (non-hydrogen) atoms. The Bertz CT molecular complexity index is 1370. The third kappa shape index (κ3) is 32.2. The molecule has 2 fully saturated rings. The van der Waals surface area contributed by atoms with Crippen LogP contribution < -0.4 is 37.2 Å². The van der Waals surface area contributed by atoms with Crippen molar-refractivity contribution >= 4 is 82.4 Å². The van der Waals surface area contributed by atoms with Crippen molar-refractivity contribution in [3.8, 4) is 0 Å². The molecule has 2 aliphatic carbocycles. The highest BCUT2D eigenvalue weighted by Crippen LogP contribution is 2.19. The number of ketones is 2. The summed E-state index contributed by atoms with van der Waals surface area (Å²) in [6.07, 6.45) is 7.58. The third-order valence-corrected chi connectivity index (χ3v) is 11.1. The first kappa shape index (κ1) is 52.9. The lowest BCUT2D eigenvalue weighted by molar-refractivity contribution is -0.138. The maximum Gasteiger partial charge on any atom is 0.322 e. The summed E-state index contributed by atoms with van der Waals surface area (Å²) in [5, 5.41) is 27.9. The summed E-state index contributed by atoms with van der Waals surface area (Å²) in [5.41, 5.74) is 0. The zero-order chi connectivity index (χ0) is 44.7. The van der Waals surface area contributed by atoms with Crippen molar-refractivity contribution in [2.75, 3.05) is 75.4 Å². The average molecular weight is 899 g/mol. The number of carbonyl (C=O) groups excluding carboxylic acids is 9. The van der Waals surface area contributed by atoms with Crippen LogP contribution in [0.25, 0.3) is 0 Å². The van der Waals surface area contributed by atoms with E-state index in [9.17, 15) is 47.9 Å². The molecule has 2 aliphatic rings. The Balaban J connectivity index is 1.50. The Kier molecular flexibility index (Phi) is 28.2. The predicted molar refractivity (Wildman–Crippen MR) is 232 cm³/mol. The summed E-state index contributed by atoms with van der Waals surface area (Å²) >= 11 is 2.84. The fraction of sp³-hybridized carbons (Fsp3) is 0.750. The van der Waals surface area contributed by atoms with Gasteiger partial charge in [-0.05, 0) is 51.4 Å². The van der Waals surface area contributed by atoms with E-state index in [0.29, 0.717) is 99.8 Å². The maximum atomic E-state index is 12.3. The van der Waals surface area contributed by atoms with Gasteiger partial charge in [-0.3, -0.25) is 52.8 Å². The minimum atomic E-state index is -1.18. The Morgan fingerprint density at radius 1 is 0.459 bits per heavy atom. The molecule has 0 bridgehead atoms. The summed E-state index contributed by atoms with van der Waals surface area (Å²) in [5.74, 6) is -0.844. The molecule has 0 radical (unpaired) electrons. The van der Waals surface area contributed by atoms with Crippen molar-refractivity contribution in [3.63, 3.8) is 0 Å². The third-order valence-electron chi connectivity index (χ3n) is 9.22. The molecule has 2 rings (SSSR count). The van der Waals surface area contributed by atoms with Crippen LogP contribution in [0.5, 0.6) is 0 Å². The lowest BCUT2D eigenvalue weighted by Crippen LogP contribution is -2.41. The standard InChI is InChI=1S/C40H66N8O11S2/c49-31(15-23-60-27-38(56)46-29-9-10-29)5-1-7-33(51)43-19-13-35(53)41-17-3-21-48(26-37(55)45-25-40(58)59)22-4-18-42-36(54)14-20-44-34(52)8-2-6-32(50)16-24-61-28-39(57)47-30-11-12-30/h29-30H,1-28H2,(H,41,53)(H,42,54)(H,43,51)(H,44,52)(H,45,55)(H,46,56)(H,47,57)(H,58,59). The van der Waals surface area contributed by atoms with Crippen molar-refractivity contribution in [2.45, 2.75) is 115 Å². The number of nitrogens with one attached hydrogen (secondary N) is 7. The molecule has 344 valence electrons. The quantitative estimate of drug-likeness (QED) is 0.0373. The van der Waals surface area contributed by atoms with Crippen LogP contribution in [0.1, 0.15) is 103 Å². The molecule has 0 spiro atoms. The summed E-state index contributed by atoms with van der Waals surface area (Å²) in [6.45, 7) is 1.06. The monoisotopic (exact) mass is 898 g/mol. The van der Waals surface area contributed by atoms with Gasteiger partial charge in [0.25, 0.3) is 0 Å². The molecule has 0 aliphatic heterocycles. The molecule has 0 aromatic carbocycles. The molecule has 0 saturated heterocycles. The van der Waals surface area contributed by atoms with Crippen LogP contribution in [0.15, 0.2) is 0 Å². The highest BCUT2D eigenvalue weighted by Gasteiger charge is 2.24. The number of rotatable bonds is 38. The number of carboxylic acids is 1. The van der Waals surface area contributed by atoms with Crippen LogP contribution in [0.4, 0.5) is 0 Å². The van der Waals surface area contributed by atoms with Gasteiger partial charge in [-0.15, -0.1) is 0 Å². The molecule has 0 aromatic rings. The number of amides is 7. The van der Waals surface area contributed by atoms with Gasteiger partial charge in [-0.2, -0.15) is 23.5 Å². The molecule has 7 amide bonds. The fourth-order valence-electron chi connectivity index (χ4n) is 5.59. The number of Topliss-reactive ketones (excluding diaryl/α,β-unsaturated/α-hetero) is 2. The van der Waals surface area contributed by atoms with Gasteiger partial charge in [0.05, 0.1) is 18.1 Å². The minimum Gasteiger partial charge on any atom is -0.480 e. The average Bonchev–Trinajstić information content (AvgIpc) is 4.16. The molecule has 8 N–H and O–H groups in total. The second-order valence-corrected chi connectivity index (χ2v) is 17.3. The van der Waals surface area contributed by atoms with Gasteiger partial charge in [0.2, 0.25) is 41.4 Å². The van der Waals surface area contributed by atoms with Gasteiger partial charge in [0.1, 0.15) is 18.1 Å². The second-order valence-electron chi connectivity index (χ2n) is 15.1. The van der Waals surface area contributed by atoms with E-state index in [1.807, 2.05) is 0 Å². The molecule has 19 nitrogen and oxygen atoms in total. The van der Waals surface area contributed by atoms with Gasteiger partial charge in [0, 0.05) is 114 Å². The van der Waals surface area contributed by atoms with E-state index >= 15 is 0 Å². The molecule has 2 saturated carbocycles. The molecule has 0 unspecified atom stereocenters. The van der Waals surface area contributed by atoms with E-state index < -0.39 is 18.4 Å². The molecular weight excluding hydrogens is 833 g/mol. The Hall–Kier alpha value is -4.24. The molecule has 21 heteroatoms. The van der Waals surface area contributed by atoms with E-state index in [2.05, 4.69) is 37.2 Å². The van der Waals surface area contributed by atoms with E-state index in [0.717, 1.165) is 25.7 Å². The summed E-state index contributed by atoms with van der Waals surface area (Å²) in [6, 6.07) is 0.637. The van der Waals surface area contributed by atoms with Crippen molar-refractivity contribution in [2.24, 2.45) is 0 Å². The van der Waals surface area contributed by atoms with E-state index in [1.54, 1.807) is 4.90 Å². The number of hydrogen-bond acceptors (Lipinski definition) is 13. The number of thioether (sulfide) groups is 2. The highest BCUT2D eigenvalue weighted by atomic mass is 32.2. The zero-order valence-electron chi connectivity index (χ0n) is 35.2. The van der Waals surface area contributed by atoms with Crippen LogP contribution >= 0.6 is 23.5 Å². The van der Waals surface area contributed by atoms with Crippen LogP contribution in [0.3, 0.4) is 0 Å². The lowest BCUT2D eigenvalue weighted by atomic mass is 10.1. The fourth-order valence-corrected chi connectivity index (χ4v) is 7.16. The van der Waals surface area contributed by atoms with E-state index in [1.165, 1.54) is 23.5 Å². The van der Waals surface area contributed by atoms with Crippen molar-refractivity contribution in [3.05, 3.63) is 0 Å². The number of carbonyl (C=O) groups is 10. The van der Waals surface area contributed by atoms with Crippen LogP contribution in [0, 0.1) is 0 Å². The SMILES string of the molecule is O=C(O)CNC(=O)CN(CCCNC(=O)CCNC(=O)CCCC(=O)CCSCC(=O)NC1CC1)CCCNC(=O)CCNC(=O)CCCC(=O)CCSCC(=O)NC1CC1. The summed E-state index contributed by atoms with van der Waals surface area (Å²) in [7, 11) is 0. The molecule has 0 atom stereocenters. The summed E-state index contributed by atoms with van der Waals surface area (Å²) in [4.78, 5) is 121. The van der Waals surface area contributed by atoms with Crippen LogP contribution in [-0.4, -0.2) is 156 Å². The Labute approximate surface area is 366 Å². The normalized spacial score (nSPS) is 13.1. The summed E-state index contributed by atoms with van der Waals surface area (Å²) < 4.78 is 0. The first-order valence-electron chi connectivity index (χ1n) is 21.3. The number of aliphatic carboxylic acids is 1. The topological polar surface area (TPSA) is 278 Å². The highest BCUT2D eigenvalue weighted by molar-refractivity contribution is 8.00. The number of hydrogen-bond donors (Lipinski definition) is 8. The molecule has 0 aromatic heterocycles. The van der Waals surface area contributed by atoms with Crippen molar-refractivity contribution < 1.29 is 53.1 Å².